The van der Waals surface area contributed by atoms with E-state index in [4.69, 9.17) is 24.6 Å². The number of aliphatic hydroxyl groups is 2. The Kier molecular flexibility index (Phi) is 19.5. The lowest BCUT2D eigenvalue weighted by Crippen LogP contribution is -2.46. The Balaban J connectivity index is 1.41. The summed E-state index contributed by atoms with van der Waals surface area (Å²) in [5.74, 6) is -2.30. The average Bonchev–Trinajstić information content (AvgIpc) is 3.72. The first-order valence-corrected chi connectivity index (χ1v) is 23.2. The van der Waals surface area contributed by atoms with Crippen molar-refractivity contribution >= 4 is 75.1 Å². The zero-order chi connectivity index (χ0) is 45.6. The molecule has 1 saturated heterocycles. The number of imidazole rings is 1. The zero-order valence-corrected chi connectivity index (χ0v) is 35.8. The summed E-state index contributed by atoms with van der Waals surface area (Å²) in [5, 5.41) is 34.7. The Morgan fingerprint density at radius 3 is 2.39 bits per heavy atom. The molecule has 2 aromatic heterocycles. The number of carboxylic acids is 1. The molecule has 0 aromatic carbocycles. The number of phosphoric ester groups is 3. The molecule has 1 aliphatic heterocycles. The molecule has 7 atom stereocenters. The number of nitrogens with zero attached hydrogens (tertiary/aromatic N) is 4. The number of fused-ring (bicyclic) bond motifs is 1. The monoisotopic (exact) mass is 945 g/mol. The van der Waals surface area contributed by atoms with Gasteiger partial charge in [0.2, 0.25) is 11.8 Å². The smallest absolute Gasteiger partial charge is 0.478 e. The number of carbonyl (C=O) groups excluding carboxylic acids is 3. The van der Waals surface area contributed by atoms with E-state index in [2.05, 4.69) is 34.4 Å². The number of ether oxygens (including phenoxy) is 1. The lowest BCUT2D eigenvalue weighted by atomic mass is 9.87. The van der Waals surface area contributed by atoms with E-state index in [1.165, 1.54) is 19.9 Å². The minimum atomic E-state index is -5.59. The molecule has 1 fully saturated rings. The third kappa shape index (κ3) is 17.5. The van der Waals surface area contributed by atoms with Crippen molar-refractivity contribution in [3.05, 3.63) is 49.1 Å². The van der Waals surface area contributed by atoms with Gasteiger partial charge in [0, 0.05) is 43.2 Å². The fourth-order valence-electron chi connectivity index (χ4n) is 5.00. The number of carbonyl (C=O) groups is 4. The maximum Gasteiger partial charge on any atom is 0.481 e. The Bertz CT molecular complexity index is 2100. The molecule has 1 aliphatic rings. The number of amides is 2. The Hall–Kier alpha value is -3.75. The third-order valence-corrected chi connectivity index (χ3v) is 12.0. The van der Waals surface area contributed by atoms with Gasteiger partial charge in [0.15, 0.2) is 22.8 Å². The fourth-order valence-corrected chi connectivity index (χ4v) is 8.48. The molecular weight excluding hydrogens is 899 g/mol. The van der Waals surface area contributed by atoms with E-state index in [9.17, 15) is 62.7 Å². The molecule has 340 valence electrons. The van der Waals surface area contributed by atoms with Crippen LogP contribution in [0.2, 0.25) is 0 Å². The van der Waals surface area contributed by atoms with Crippen LogP contribution in [0.5, 0.6) is 0 Å². The van der Waals surface area contributed by atoms with Gasteiger partial charge < -0.3 is 56.0 Å². The predicted octanol–water partition coefficient (Wildman–Crippen LogP) is 0.198. The number of rotatable bonds is 25. The van der Waals surface area contributed by atoms with E-state index in [0.29, 0.717) is 6.42 Å². The second-order valence-corrected chi connectivity index (χ2v) is 18.7. The second kappa shape index (κ2) is 23.1. The SMILES string of the molecule is CC(C)(COP(=O)(O)OP(=O)(O)OCC1OC(n2cnc3c(N)ncnc32)C(O)C1OP(=O)(O)O)C(O)C(=O)NCCC(=O)NCCSC(=O)C/C=C/C=C/C/C=C/C(=O)O. The maximum absolute atomic E-state index is 12.7. The van der Waals surface area contributed by atoms with Crippen molar-refractivity contribution in [2.45, 2.75) is 63.8 Å². The molecule has 0 bridgehead atoms. The minimum absolute atomic E-state index is 0.0212. The molecule has 0 saturated carbocycles. The van der Waals surface area contributed by atoms with Crippen molar-refractivity contribution in [1.82, 2.24) is 30.2 Å². The molecule has 11 N–H and O–H groups in total. The first-order valence-electron chi connectivity index (χ1n) is 17.7. The molecule has 3 rings (SSSR count). The molecule has 7 unspecified atom stereocenters. The normalized spacial score (nSPS) is 21.2. The quantitative estimate of drug-likeness (QED) is 0.0275. The largest absolute Gasteiger partial charge is 0.481 e. The Labute approximate surface area is 351 Å². The highest BCUT2D eigenvalue weighted by Crippen LogP contribution is 2.61. The molecule has 26 nitrogen and oxygen atoms in total. The molecule has 2 aromatic rings. The number of carboxylic acid groups (broad SMARTS) is 1. The van der Waals surface area contributed by atoms with Gasteiger partial charge in [-0.2, -0.15) is 4.31 Å². The van der Waals surface area contributed by atoms with Gasteiger partial charge >= 0.3 is 29.4 Å². The lowest BCUT2D eigenvalue weighted by Gasteiger charge is -2.30. The number of nitrogens with one attached hydrogen (secondary N) is 2. The van der Waals surface area contributed by atoms with Crippen molar-refractivity contribution in [3.63, 3.8) is 0 Å². The van der Waals surface area contributed by atoms with E-state index in [1.807, 2.05) is 0 Å². The standard InChI is InChI=1S/C31H46N7O19P3S/c1-31(2,26(44)29(45)34-12-11-20(39)33-13-14-61-22(42)10-8-6-4-3-5-7-9-21(40)41)16-54-60(51,52)57-59(49,50)53-15-19-25(56-58(46,47)48)24(43)30(55-19)38-18-37-23-27(32)35-17-36-28(23)38/h3-4,6-9,17-19,24-26,30,43-44H,5,10-16H2,1-2H3,(H,33,39)(H,34,45)(H,40,41)(H,49,50)(H,51,52)(H2,32,35,36)(H2,46,47,48)/b4-3+,8-6+,9-7+. The van der Waals surface area contributed by atoms with Gasteiger partial charge in [0.25, 0.3) is 0 Å². The van der Waals surface area contributed by atoms with Crippen molar-refractivity contribution < 1.29 is 90.4 Å². The zero-order valence-electron chi connectivity index (χ0n) is 32.3. The van der Waals surface area contributed by atoms with Crippen molar-refractivity contribution in [2.75, 3.05) is 37.8 Å². The molecule has 2 amide bonds. The van der Waals surface area contributed by atoms with Crippen LogP contribution in [-0.4, -0.2) is 134 Å². The number of thioether (sulfide) groups is 1. The van der Waals surface area contributed by atoms with Crippen LogP contribution < -0.4 is 16.4 Å². The lowest BCUT2D eigenvalue weighted by molar-refractivity contribution is -0.137. The summed E-state index contributed by atoms with van der Waals surface area (Å²) in [6.07, 6.45) is 2.64. The highest BCUT2D eigenvalue weighted by atomic mass is 32.2. The predicted molar refractivity (Wildman–Crippen MR) is 211 cm³/mol. The number of hydrogen-bond acceptors (Lipinski definition) is 19. The van der Waals surface area contributed by atoms with Gasteiger partial charge in [-0.3, -0.25) is 32.5 Å². The number of hydrogen-bond donors (Lipinski definition) is 10. The summed E-state index contributed by atoms with van der Waals surface area (Å²) >= 11 is 0.994. The number of aliphatic hydroxyl groups excluding tert-OH is 2. The number of nitrogens with two attached hydrogens (primary N) is 1. The van der Waals surface area contributed by atoms with E-state index < -0.39 is 90.5 Å². The second-order valence-electron chi connectivity index (χ2n) is 13.3. The number of nitrogen functional groups attached to an aromatic ring is 1. The number of aromatic nitrogens is 4. The van der Waals surface area contributed by atoms with Gasteiger partial charge in [-0.1, -0.05) is 56.0 Å². The number of phosphoric acid groups is 3. The molecule has 0 radical (unpaired) electrons. The van der Waals surface area contributed by atoms with Crippen LogP contribution in [0.3, 0.4) is 0 Å². The van der Waals surface area contributed by atoms with Crippen LogP contribution >= 0.6 is 35.2 Å². The molecule has 61 heavy (non-hydrogen) atoms. The van der Waals surface area contributed by atoms with E-state index in [-0.39, 0.29) is 53.8 Å². The van der Waals surface area contributed by atoms with Crippen LogP contribution in [0.15, 0.2) is 49.1 Å². The maximum atomic E-state index is 12.7. The van der Waals surface area contributed by atoms with Gasteiger partial charge in [0.05, 0.1) is 19.5 Å². The first-order chi connectivity index (χ1) is 28.4. The van der Waals surface area contributed by atoms with Crippen molar-refractivity contribution in [2.24, 2.45) is 5.41 Å². The van der Waals surface area contributed by atoms with E-state index in [0.717, 1.165) is 35.1 Å². The van der Waals surface area contributed by atoms with Gasteiger partial charge in [-0.05, 0) is 6.42 Å². The summed E-state index contributed by atoms with van der Waals surface area (Å²) in [6.45, 7) is 0.328. The van der Waals surface area contributed by atoms with Crippen LogP contribution in [0.4, 0.5) is 5.82 Å². The molecule has 30 heteroatoms. The number of allylic oxidation sites excluding steroid dienone is 5. The van der Waals surface area contributed by atoms with Crippen LogP contribution in [0.1, 0.15) is 39.3 Å². The van der Waals surface area contributed by atoms with Crippen molar-refractivity contribution in [3.8, 4) is 0 Å². The topological polar surface area (TPSA) is 401 Å². The van der Waals surface area contributed by atoms with Gasteiger partial charge in [0.1, 0.15) is 36.3 Å². The summed E-state index contributed by atoms with van der Waals surface area (Å²) in [7, 11) is -16.4. The molecule has 0 spiro atoms. The molecule has 0 aliphatic carbocycles. The highest BCUT2D eigenvalue weighted by molar-refractivity contribution is 8.13. The highest BCUT2D eigenvalue weighted by Gasteiger charge is 2.50. The number of aliphatic carboxylic acids is 1. The van der Waals surface area contributed by atoms with Gasteiger partial charge in [-0.15, -0.1) is 0 Å². The Morgan fingerprint density at radius 1 is 1.02 bits per heavy atom. The van der Waals surface area contributed by atoms with E-state index in [1.54, 1.807) is 24.3 Å². The van der Waals surface area contributed by atoms with E-state index >= 15 is 0 Å². The summed E-state index contributed by atoms with van der Waals surface area (Å²) < 4.78 is 62.1. The average molecular weight is 946 g/mol. The fraction of sp³-hybridized carbons (Fsp3) is 0.516. The summed E-state index contributed by atoms with van der Waals surface area (Å²) in [5.41, 5.74) is 4.22. The van der Waals surface area contributed by atoms with Crippen molar-refractivity contribution in [1.29, 1.82) is 0 Å². The molecular formula is C31H46N7O19P3S. The minimum Gasteiger partial charge on any atom is -0.478 e. The Morgan fingerprint density at radius 2 is 1.70 bits per heavy atom. The van der Waals surface area contributed by atoms with Gasteiger partial charge in [-0.25, -0.2) is 33.4 Å². The van der Waals surface area contributed by atoms with Crippen LogP contribution in [-0.2, 0) is 55.5 Å². The summed E-state index contributed by atoms with van der Waals surface area (Å²) in [6, 6.07) is 0. The van der Waals surface area contributed by atoms with Crippen LogP contribution in [0.25, 0.3) is 11.2 Å². The molecule has 3 heterocycles. The summed E-state index contributed by atoms with van der Waals surface area (Å²) in [4.78, 5) is 98.1. The first kappa shape index (κ1) is 51.6. The number of anilines is 1. The third-order valence-electron chi connectivity index (χ3n) is 7.97. The van der Waals surface area contributed by atoms with Crippen LogP contribution in [0, 0.1) is 5.41 Å².